The maximum absolute atomic E-state index is 11.5. The van der Waals surface area contributed by atoms with Gasteiger partial charge in [-0.1, -0.05) is 17.3 Å². The third-order valence-corrected chi connectivity index (χ3v) is 3.02. The molecule has 0 atom stereocenters. The Hall–Kier alpha value is -2.17. The summed E-state index contributed by atoms with van der Waals surface area (Å²) in [6, 6.07) is 7.02. The van der Waals surface area contributed by atoms with Crippen molar-refractivity contribution in [1.82, 2.24) is 10.1 Å². The van der Waals surface area contributed by atoms with Crippen LogP contribution >= 0.6 is 0 Å². The predicted molar refractivity (Wildman–Crippen MR) is 67.7 cm³/mol. The minimum atomic E-state index is -0.319. The molecule has 1 aromatic carbocycles. The minimum absolute atomic E-state index is 0.319. The summed E-state index contributed by atoms with van der Waals surface area (Å²) in [6.07, 6.45) is 2.26. The van der Waals surface area contributed by atoms with E-state index in [9.17, 15) is 4.79 Å². The highest BCUT2D eigenvalue weighted by molar-refractivity contribution is 5.89. The number of aromatic nitrogens is 2. The molecule has 19 heavy (non-hydrogen) atoms. The third-order valence-electron chi connectivity index (χ3n) is 3.02. The molecule has 0 aliphatic heterocycles. The van der Waals surface area contributed by atoms with Crippen molar-refractivity contribution in [3.63, 3.8) is 0 Å². The van der Waals surface area contributed by atoms with E-state index in [1.807, 2.05) is 0 Å². The van der Waals surface area contributed by atoms with Gasteiger partial charge in [0.15, 0.2) is 0 Å². The van der Waals surface area contributed by atoms with Crippen LogP contribution < -0.4 is 0 Å². The summed E-state index contributed by atoms with van der Waals surface area (Å²) in [4.78, 5) is 15.9. The summed E-state index contributed by atoms with van der Waals surface area (Å²) in [5.41, 5.74) is 1.36. The monoisotopic (exact) mass is 258 g/mol. The minimum Gasteiger partial charge on any atom is -0.462 e. The van der Waals surface area contributed by atoms with Gasteiger partial charge in [-0.25, -0.2) is 4.79 Å². The van der Waals surface area contributed by atoms with E-state index in [1.54, 1.807) is 31.2 Å². The van der Waals surface area contributed by atoms with Crippen LogP contribution in [-0.2, 0) is 4.74 Å². The zero-order valence-corrected chi connectivity index (χ0v) is 10.6. The molecule has 98 valence electrons. The fraction of sp³-hybridized carbons (Fsp3) is 0.357. The van der Waals surface area contributed by atoms with E-state index in [0.29, 0.717) is 29.8 Å². The third kappa shape index (κ3) is 2.50. The standard InChI is InChI=1S/C14H14N2O3/c1-2-18-14(17)11-7-3-9(4-8-11)12-15-13(19-16-12)10-5-6-10/h3-4,7-8,10H,2,5-6H2,1H3. The van der Waals surface area contributed by atoms with Crippen molar-refractivity contribution >= 4 is 5.97 Å². The Morgan fingerprint density at radius 3 is 2.74 bits per heavy atom. The summed E-state index contributed by atoms with van der Waals surface area (Å²) in [5.74, 6) is 1.41. The van der Waals surface area contributed by atoms with E-state index in [2.05, 4.69) is 10.1 Å². The van der Waals surface area contributed by atoms with Crippen LogP contribution in [0.15, 0.2) is 28.8 Å². The number of benzene rings is 1. The van der Waals surface area contributed by atoms with Gasteiger partial charge in [-0.05, 0) is 31.9 Å². The van der Waals surface area contributed by atoms with Crippen molar-refractivity contribution in [2.45, 2.75) is 25.7 Å². The topological polar surface area (TPSA) is 65.2 Å². The molecule has 0 spiro atoms. The van der Waals surface area contributed by atoms with Crippen LogP contribution in [0.5, 0.6) is 0 Å². The predicted octanol–water partition coefficient (Wildman–Crippen LogP) is 2.79. The zero-order valence-electron chi connectivity index (χ0n) is 10.6. The zero-order chi connectivity index (χ0) is 13.2. The Bertz CT molecular complexity index is 585. The van der Waals surface area contributed by atoms with Crippen LogP contribution in [0.25, 0.3) is 11.4 Å². The van der Waals surface area contributed by atoms with Gasteiger partial charge in [-0.15, -0.1) is 0 Å². The average Bonchev–Trinajstić information content (AvgIpc) is 3.17. The fourth-order valence-electron chi connectivity index (χ4n) is 1.82. The normalized spacial score (nSPS) is 14.4. The van der Waals surface area contributed by atoms with E-state index < -0.39 is 0 Å². The number of hydrogen-bond acceptors (Lipinski definition) is 5. The molecule has 1 aliphatic rings. The van der Waals surface area contributed by atoms with Crippen molar-refractivity contribution in [1.29, 1.82) is 0 Å². The van der Waals surface area contributed by atoms with Crippen LogP contribution in [-0.4, -0.2) is 22.7 Å². The number of hydrogen-bond donors (Lipinski definition) is 0. The summed E-state index contributed by atoms with van der Waals surface area (Å²) >= 11 is 0. The molecule has 1 aliphatic carbocycles. The maximum atomic E-state index is 11.5. The lowest BCUT2D eigenvalue weighted by Crippen LogP contribution is -2.04. The molecular weight excluding hydrogens is 244 g/mol. The van der Waals surface area contributed by atoms with Gasteiger partial charge in [-0.2, -0.15) is 4.98 Å². The summed E-state index contributed by atoms with van der Waals surface area (Å²) < 4.78 is 10.1. The molecule has 1 heterocycles. The molecule has 0 N–H and O–H groups in total. The van der Waals surface area contributed by atoms with Crippen LogP contribution in [0.3, 0.4) is 0 Å². The molecule has 3 rings (SSSR count). The van der Waals surface area contributed by atoms with Gasteiger partial charge in [0.25, 0.3) is 0 Å². The Labute approximate surface area is 110 Å². The molecule has 5 heteroatoms. The average molecular weight is 258 g/mol. The molecule has 0 unspecified atom stereocenters. The number of esters is 1. The lowest BCUT2D eigenvalue weighted by Gasteiger charge is -2.01. The van der Waals surface area contributed by atoms with E-state index in [0.717, 1.165) is 18.4 Å². The number of rotatable bonds is 4. The molecule has 1 saturated carbocycles. The highest BCUT2D eigenvalue weighted by Crippen LogP contribution is 2.39. The second kappa shape index (κ2) is 4.84. The van der Waals surface area contributed by atoms with Gasteiger partial charge in [0.1, 0.15) is 0 Å². The largest absolute Gasteiger partial charge is 0.462 e. The fourth-order valence-corrected chi connectivity index (χ4v) is 1.82. The molecule has 5 nitrogen and oxygen atoms in total. The summed E-state index contributed by atoms with van der Waals surface area (Å²) in [7, 11) is 0. The van der Waals surface area contributed by atoms with Crippen LogP contribution in [0.4, 0.5) is 0 Å². The summed E-state index contributed by atoms with van der Waals surface area (Å²) in [5, 5.41) is 3.96. The maximum Gasteiger partial charge on any atom is 0.338 e. The summed E-state index contributed by atoms with van der Waals surface area (Å²) in [6.45, 7) is 2.15. The highest BCUT2D eigenvalue weighted by Gasteiger charge is 2.29. The van der Waals surface area contributed by atoms with Crippen molar-refractivity contribution in [3.05, 3.63) is 35.7 Å². The molecule has 0 radical (unpaired) electrons. The van der Waals surface area contributed by atoms with Crippen LogP contribution in [0.2, 0.25) is 0 Å². The Morgan fingerprint density at radius 1 is 1.37 bits per heavy atom. The molecule has 0 saturated heterocycles. The second-order valence-electron chi connectivity index (χ2n) is 4.53. The lowest BCUT2D eigenvalue weighted by molar-refractivity contribution is 0.0526. The van der Waals surface area contributed by atoms with Crippen molar-refractivity contribution in [3.8, 4) is 11.4 Å². The van der Waals surface area contributed by atoms with Crippen molar-refractivity contribution < 1.29 is 14.1 Å². The number of nitrogens with zero attached hydrogens (tertiary/aromatic N) is 2. The Balaban J connectivity index is 1.79. The van der Waals surface area contributed by atoms with Gasteiger partial charge >= 0.3 is 5.97 Å². The molecule has 1 fully saturated rings. The molecular formula is C14H14N2O3. The van der Waals surface area contributed by atoms with Gasteiger partial charge < -0.3 is 9.26 Å². The molecule has 2 aromatic rings. The van der Waals surface area contributed by atoms with Gasteiger partial charge in [0.2, 0.25) is 11.7 Å². The van der Waals surface area contributed by atoms with Gasteiger partial charge in [0, 0.05) is 11.5 Å². The molecule has 0 bridgehead atoms. The van der Waals surface area contributed by atoms with E-state index in [-0.39, 0.29) is 5.97 Å². The van der Waals surface area contributed by atoms with Crippen molar-refractivity contribution in [2.75, 3.05) is 6.61 Å². The van der Waals surface area contributed by atoms with Gasteiger partial charge in [-0.3, -0.25) is 0 Å². The second-order valence-corrected chi connectivity index (χ2v) is 4.53. The SMILES string of the molecule is CCOC(=O)c1ccc(-c2noc(C3CC3)n2)cc1. The molecule has 0 amide bonds. The lowest BCUT2D eigenvalue weighted by atomic mass is 10.1. The van der Waals surface area contributed by atoms with Crippen LogP contribution in [0.1, 0.15) is 41.9 Å². The Morgan fingerprint density at radius 2 is 2.11 bits per heavy atom. The van der Waals surface area contributed by atoms with E-state index >= 15 is 0 Å². The first-order valence-electron chi connectivity index (χ1n) is 6.39. The first-order valence-corrected chi connectivity index (χ1v) is 6.39. The number of carbonyl (C=O) groups excluding carboxylic acids is 1. The van der Waals surface area contributed by atoms with Gasteiger partial charge in [0.05, 0.1) is 12.2 Å². The van der Waals surface area contributed by atoms with Crippen LogP contribution in [0, 0.1) is 0 Å². The quantitative estimate of drug-likeness (QED) is 0.789. The number of carbonyl (C=O) groups is 1. The molecule has 1 aromatic heterocycles. The smallest absolute Gasteiger partial charge is 0.338 e. The highest BCUT2D eigenvalue weighted by atomic mass is 16.5. The van der Waals surface area contributed by atoms with E-state index in [1.165, 1.54) is 0 Å². The Kier molecular flexibility index (Phi) is 3.03. The van der Waals surface area contributed by atoms with Crippen molar-refractivity contribution in [2.24, 2.45) is 0 Å². The number of ether oxygens (including phenoxy) is 1. The first kappa shape index (κ1) is 11.9. The van der Waals surface area contributed by atoms with E-state index in [4.69, 9.17) is 9.26 Å². The first-order chi connectivity index (χ1) is 9.28.